The maximum absolute atomic E-state index is 12.2. The molecule has 1 heterocycles. The molecule has 0 unspecified atom stereocenters. The zero-order valence-corrected chi connectivity index (χ0v) is 10.1. The van der Waals surface area contributed by atoms with E-state index in [1.165, 1.54) is 0 Å². The van der Waals surface area contributed by atoms with Crippen molar-refractivity contribution >= 4 is 16.7 Å². The molecule has 3 rings (SSSR count). The van der Waals surface area contributed by atoms with Crippen LogP contribution < -0.4 is 0 Å². The number of rotatable bonds is 2. The lowest BCUT2D eigenvalue weighted by molar-refractivity contribution is -0.0926. The van der Waals surface area contributed by atoms with Crippen LogP contribution >= 0.6 is 0 Å². The summed E-state index contributed by atoms with van der Waals surface area (Å²) in [5.41, 5.74) is 0.639. The maximum Gasteiger partial charge on any atom is 0.357 e. The maximum atomic E-state index is 12.2. The van der Waals surface area contributed by atoms with Crippen molar-refractivity contribution in [3.05, 3.63) is 48.0 Å². The predicted molar refractivity (Wildman–Crippen MR) is 70.2 cm³/mol. The van der Waals surface area contributed by atoms with Crippen LogP contribution in [0.2, 0.25) is 0 Å². The van der Waals surface area contributed by atoms with E-state index in [4.69, 9.17) is 4.84 Å². The van der Waals surface area contributed by atoms with Gasteiger partial charge in [-0.05, 0) is 29.7 Å². The molecule has 0 aromatic heterocycles. The van der Waals surface area contributed by atoms with Crippen LogP contribution in [0.25, 0.3) is 10.8 Å². The molecule has 3 heteroatoms. The Labute approximate surface area is 106 Å². The number of fused-ring (bicyclic) bond motifs is 1. The fourth-order valence-corrected chi connectivity index (χ4v) is 2.35. The van der Waals surface area contributed by atoms with Crippen LogP contribution in [0.4, 0.5) is 0 Å². The highest BCUT2D eigenvalue weighted by atomic mass is 16.7. The van der Waals surface area contributed by atoms with Crippen LogP contribution in [0.1, 0.15) is 23.2 Å². The van der Waals surface area contributed by atoms with Gasteiger partial charge < -0.3 is 4.84 Å². The lowest BCUT2D eigenvalue weighted by Crippen LogP contribution is -2.24. The molecule has 0 spiro atoms. The van der Waals surface area contributed by atoms with Crippen molar-refractivity contribution in [3.8, 4) is 0 Å². The Morgan fingerprint density at radius 1 is 1.00 bits per heavy atom. The number of carbonyl (C=O) groups is 1. The molecular weight excluding hydrogens is 226 g/mol. The fraction of sp³-hybridized carbons (Fsp3) is 0.267. The third kappa shape index (κ3) is 2.09. The summed E-state index contributed by atoms with van der Waals surface area (Å²) < 4.78 is 0. The van der Waals surface area contributed by atoms with E-state index in [1.54, 1.807) is 5.06 Å². The summed E-state index contributed by atoms with van der Waals surface area (Å²) in [6, 6.07) is 13.6. The molecule has 0 N–H and O–H groups in total. The van der Waals surface area contributed by atoms with Gasteiger partial charge in [-0.1, -0.05) is 36.4 Å². The van der Waals surface area contributed by atoms with Crippen LogP contribution in [-0.2, 0) is 4.84 Å². The van der Waals surface area contributed by atoms with E-state index in [2.05, 4.69) is 0 Å². The van der Waals surface area contributed by atoms with Gasteiger partial charge in [-0.15, -0.1) is 5.06 Å². The average Bonchev–Trinajstić information content (AvgIpc) is 2.91. The molecule has 92 valence electrons. The minimum atomic E-state index is -0.256. The molecule has 0 radical (unpaired) electrons. The normalized spacial score (nSPS) is 16.0. The lowest BCUT2D eigenvalue weighted by Gasteiger charge is -2.14. The molecule has 3 nitrogen and oxygen atoms in total. The van der Waals surface area contributed by atoms with E-state index < -0.39 is 0 Å². The first-order valence-electron chi connectivity index (χ1n) is 6.29. The van der Waals surface area contributed by atoms with Crippen LogP contribution in [0.3, 0.4) is 0 Å². The molecule has 0 amide bonds. The molecule has 2 aromatic carbocycles. The van der Waals surface area contributed by atoms with E-state index in [0.717, 1.165) is 36.7 Å². The van der Waals surface area contributed by atoms with Crippen molar-refractivity contribution in [1.82, 2.24) is 5.06 Å². The van der Waals surface area contributed by atoms with Crippen molar-refractivity contribution in [2.24, 2.45) is 0 Å². The quantitative estimate of drug-likeness (QED) is 0.809. The van der Waals surface area contributed by atoms with E-state index in [-0.39, 0.29) is 5.97 Å². The second-order valence-electron chi connectivity index (χ2n) is 4.54. The smallest absolute Gasteiger partial charge is 0.357 e. The molecule has 1 aliphatic heterocycles. The third-order valence-electron chi connectivity index (χ3n) is 3.29. The number of carbonyl (C=O) groups excluding carboxylic acids is 1. The van der Waals surface area contributed by atoms with Gasteiger partial charge >= 0.3 is 5.97 Å². The summed E-state index contributed by atoms with van der Waals surface area (Å²) >= 11 is 0. The monoisotopic (exact) mass is 241 g/mol. The van der Waals surface area contributed by atoms with Gasteiger partial charge in [-0.25, -0.2) is 4.79 Å². The Bertz CT molecular complexity index is 568. The number of hydroxylamine groups is 2. The summed E-state index contributed by atoms with van der Waals surface area (Å²) in [6.07, 6.45) is 2.20. The standard InChI is InChI=1S/C15H15NO2/c17-15(18-16-10-3-4-11-16)14-9-5-7-12-6-1-2-8-13(12)14/h1-2,5-9H,3-4,10-11H2. The van der Waals surface area contributed by atoms with E-state index in [0.29, 0.717) is 5.56 Å². The molecule has 0 saturated carbocycles. The Morgan fingerprint density at radius 2 is 1.72 bits per heavy atom. The summed E-state index contributed by atoms with van der Waals surface area (Å²) in [4.78, 5) is 17.6. The van der Waals surface area contributed by atoms with Crippen molar-refractivity contribution < 1.29 is 9.63 Å². The lowest BCUT2D eigenvalue weighted by atomic mass is 10.1. The molecule has 0 aliphatic carbocycles. The Morgan fingerprint density at radius 3 is 2.56 bits per heavy atom. The highest BCUT2D eigenvalue weighted by Crippen LogP contribution is 2.20. The van der Waals surface area contributed by atoms with Gasteiger partial charge in [0.05, 0.1) is 5.56 Å². The molecule has 0 bridgehead atoms. The van der Waals surface area contributed by atoms with Crippen molar-refractivity contribution in [2.75, 3.05) is 13.1 Å². The van der Waals surface area contributed by atoms with Crippen molar-refractivity contribution in [2.45, 2.75) is 12.8 Å². The Hall–Kier alpha value is -1.87. The molecule has 1 fully saturated rings. The van der Waals surface area contributed by atoms with E-state index >= 15 is 0 Å². The SMILES string of the molecule is O=C(ON1CCCC1)c1cccc2ccccc12. The third-order valence-corrected chi connectivity index (χ3v) is 3.29. The fourth-order valence-electron chi connectivity index (χ4n) is 2.35. The molecule has 2 aromatic rings. The first kappa shape index (κ1) is 11.2. The number of nitrogens with zero attached hydrogens (tertiary/aromatic N) is 1. The van der Waals surface area contributed by atoms with Crippen LogP contribution in [0.15, 0.2) is 42.5 Å². The predicted octanol–water partition coefficient (Wildman–Crippen LogP) is 3.01. The van der Waals surface area contributed by atoms with Gasteiger partial charge in [0, 0.05) is 13.1 Å². The Balaban J connectivity index is 1.91. The van der Waals surface area contributed by atoms with Crippen LogP contribution in [0.5, 0.6) is 0 Å². The molecule has 0 atom stereocenters. The summed E-state index contributed by atoms with van der Waals surface area (Å²) in [6.45, 7) is 1.69. The molecule has 18 heavy (non-hydrogen) atoms. The first-order valence-corrected chi connectivity index (χ1v) is 6.29. The highest BCUT2D eigenvalue weighted by molar-refractivity contribution is 6.04. The molecule has 1 aliphatic rings. The van der Waals surface area contributed by atoms with Gasteiger partial charge in [0.15, 0.2) is 0 Å². The molecular formula is C15H15NO2. The summed E-state index contributed by atoms with van der Waals surface area (Å²) in [5, 5.41) is 3.77. The highest BCUT2D eigenvalue weighted by Gasteiger charge is 2.18. The minimum absolute atomic E-state index is 0.256. The number of benzene rings is 2. The van der Waals surface area contributed by atoms with Gasteiger partial charge in [0.25, 0.3) is 0 Å². The largest absolute Gasteiger partial charge is 0.364 e. The topological polar surface area (TPSA) is 29.5 Å². The van der Waals surface area contributed by atoms with Gasteiger partial charge in [0.1, 0.15) is 0 Å². The van der Waals surface area contributed by atoms with Gasteiger partial charge in [-0.3, -0.25) is 0 Å². The van der Waals surface area contributed by atoms with E-state index in [9.17, 15) is 4.79 Å². The van der Waals surface area contributed by atoms with Crippen LogP contribution in [-0.4, -0.2) is 24.1 Å². The zero-order valence-electron chi connectivity index (χ0n) is 10.1. The first-order chi connectivity index (χ1) is 8.84. The van der Waals surface area contributed by atoms with E-state index in [1.807, 2.05) is 42.5 Å². The van der Waals surface area contributed by atoms with Gasteiger partial charge in [-0.2, -0.15) is 0 Å². The average molecular weight is 241 g/mol. The number of hydrogen-bond donors (Lipinski definition) is 0. The summed E-state index contributed by atoms with van der Waals surface area (Å²) in [5.74, 6) is -0.256. The zero-order chi connectivity index (χ0) is 12.4. The van der Waals surface area contributed by atoms with Crippen molar-refractivity contribution in [1.29, 1.82) is 0 Å². The molecule has 1 saturated heterocycles. The second kappa shape index (κ2) is 4.78. The summed E-state index contributed by atoms with van der Waals surface area (Å²) in [7, 11) is 0. The Kier molecular flexibility index (Phi) is 2.99. The minimum Gasteiger partial charge on any atom is -0.364 e. The second-order valence-corrected chi connectivity index (χ2v) is 4.54. The van der Waals surface area contributed by atoms with Gasteiger partial charge in [0.2, 0.25) is 0 Å². The number of hydrogen-bond acceptors (Lipinski definition) is 3. The van der Waals surface area contributed by atoms with Crippen molar-refractivity contribution in [3.63, 3.8) is 0 Å². The van der Waals surface area contributed by atoms with Crippen LogP contribution in [0, 0.1) is 0 Å².